The highest BCUT2D eigenvalue weighted by Gasteiger charge is 2.23. The Morgan fingerprint density at radius 1 is 1.30 bits per heavy atom. The van der Waals surface area contributed by atoms with Crippen molar-refractivity contribution in [1.29, 1.82) is 0 Å². The number of piperidine rings is 1. The average molecular weight is 413 g/mol. The molecule has 0 aliphatic carbocycles. The number of fused-ring (bicyclic) bond motifs is 1. The molecule has 162 valence electrons. The van der Waals surface area contributed by atoms with Gasteiger partial charge in [0.1, 0.15) is 5.82 Å². The van der Waals surface area contributed by atoms with Crippen LogP contribution in [0.5, 0.6) is 0 Å². The van der Waals surface area contributed by atoms with Crippen LogP contribution in [0, 0.1) is 0 Å². The highest BCUT2D eigenvalue weighted by Crippen LogP contribution is 2.22. The smallest absolute Gasteiger partial charge is 0.409 e. The van der Waals surface area contributed by atoms with Crippen molar-refractivity contribution in [3.05, 3.63) is 35.9 Å². The third-order valence-corrected chi connectivity index (χ3v) is 5.27. The van der Waals surface area contributed by atoms with Crippen LogP contribution in [0.1, 0.15) is 25.3 Å². The number of carbonyl (C=O) groups is 1. The molecule has 1 amide bonds. The lowest BCUT2D eigenvalue weighted by molar-refractivity contribution is 0.111. The lowest BCUT2D eigenvalue weighted by Gasteiger charge is -2.32. The number of pyridine rings is 1. The largest absolute Gasteiger partial charge is 0.453 e. The third-order valence-electron chi connectivity index (χ3n) is 5.27. The molecule has 0 unspecified atom stereocenters. The van der Waals surface area contributed by atoms with Gasteiger partial charge in [-0.15, -0.1) is 0 Å². The number of guanidine groups is 1. The number of ether oxygens (including phenoxy) is 1. The lowest BCUT2D eigenvalue weighted by Crippen LogP contribution is -2.49. The second-order valence-corrected chi connectivity index (χ2v) is 7.62. The van der Waals surface area contributed by atoms with Crippen LogP contribution < -0.4 is 15.5 Å². The molecule has 2 aromatic rings. The Hall–Kier alpha value is -3.03. The summed E-state index contributed by atoms with van der Waals surface area (Å²) < 4.78 is 4.82. The number of aliphatic imine (C=N–C) groups is 1. The Bertz CT molecular complexity index is 890. The molecule has 3 rings (SSSR count). The molecule has 1 aromatic carbocycles. The van der Waals surface area contributed by atoms with Crippen molar-refractivity contribution in [2.24, 2.45) is 4.99 Å². The van der Waals surface area contributed by atoms with Gasteiger partial charge in [0, 0.05) is 45.2 Å². The number of benzene rings is 1. The summed E-state index contributed by atoms with van der Waals surface area (Å²) in [4.78, 5) is 25.0. The van der Waals surface area contributed by atoms with Crippen LogP contribution in [-0.4, -0.2) is 68.8 Å². The van der Waals surface area contributed by atoms with E-state index in [1.807, 2.05) is 37.2 Å². The molecule has 1 aliphatic rings. The number of anilines is 1. The van der Waals surface area contributed by atoms with Gasteiger partial charge in [-0.1, -0.05) is 18.2 Å². The summed E-state index contributed by atoms with van der Waals surface area (Å²) in [6.07, 6.45) is 1.47. The second kappa shape index (κ2) is 10.1. The zero-order valence-corrected chi connectivity index (χ0v) is 18.3. The number of nitrogens with one attached hydrogen (secondary N) is 2. The number of likely N-dealkylation sites (tertiary alicyclic amines) is 1. The number of carbonyl (C=O) groups excluding carboxylic acids is 1. The summed E-state index contributed by atoms with van der Waals surface area (Å²) in [7, 11) is 5.42. The molecule has 0 spiro atoms. The number of para-hydroxylation sites is 1. The molecule has 1 saturated heterocycles. The van der Waals surface area contributed by atoms with Crippen LogP contribution >= 0.6 is 0 Å². The fourth-order valence-electron chi connectivity index (χ4n) is 3.60. The van der Waals surface area contributed by atoms with Gasteiger partial charge in [-0.2, -0.15) is 0 Å². The minimum Gasteiger partial charge on any atom is -0.453 e. The maximum Gasteiger partial charge on any atom is 0.409 e. The zero-order chi connectivity index (χ0) is 21.5. The van der Waals surface area contributed by atoms with Gasteiger partial charge in [0.05, 0.1) is 19.2 Å². The molecule has 0 bridgehead atoms. The van der Waals surface area contributed by atoms with Gasteiger partial charge in [-0.25, -0.2) is 14.8 Å². The van der Waals surface area contributed by atoms with E-state index in [-0.39, 0.29) is 12.1 Å². The van der Waals surface area contributed by atoms with E-state index in [2.05, 4.69) is 29.7 Å². The summed E-state index contributed by atoms with van der Waals surface area (Å²) in [5, 5.41) is 7.98. The number of rotatable bonds is 5. The van der Waals surface area contributed by atoms with E-state index in [4.69, 9.17) is 14.7 Å². The molecule has 0 radical (unpaired) electrons. The van der Waals surface area contributed by atoms with Crippen LogP contribution in [-0.2, 0) is 11.3 Å². The maximum absolute atomic E-state index is 11.7. The minimum atomic E-state index is -0.254. The topological polar surface area (TPSA) is 82.1 Å². The molecule has 0 atom stereocenters. The molecular weight excluding hydrogens is 380 g/mol. The number of hydrogen-bond donors (Lipinski definition) is 2. The van der Waals surface area contributed by atoms with Crippen LogP contribution in [0.4, 0.5) is 10.6 Å². The SMILES string of the molecule is CCNC(=NCc1cc(N(C)C)nc2ccccc12)NC1CCN(C(=O)OC)CC1. The van der Waals surface area contributed by atoms with Crippen molar-refractivity contribution in [2.75, 3.05) is 45.7 Å². The van der Waals surface area contributed by atoms with Gasteiger partial charge in [-0.05, 0) is 37.5 Å². The first-order valence-electron chi connectivity index (χ1n) is 10.5. The predicted octanol–water partition coefficient (Wildman–Crippen LogP) is 2.59. The Morgan fingerprint density at radius 3 is 2.70 bits per heavy atom. The van der Waals surface area contributed by atoms with Crippen molar-refractivity contribution in [2.45, 2.75) is 32.4 Å². The van der Waals surface area contributed by atoms with Gasteiger partial charge in [0.15, 0.2) is 5.96 Å². The van der Waals surface area contributed by atoms with E-state index in [1.165, 1.54) is 7.11 Å². The number of hydrogen-bond acceptors (Lipinski definition) is 5. The Morgan fingerprint density at radius 2 is 2.03 bits per heavy atom. The van der Waals surface area contributed by atoms with Gasteiger partial charge in [0.2, 0.25) is 0 Å². The number of nitrogens with zero attached hydrogens (tertiary/aromatic N) is 4. The normalized spacial score (nSPS) is 15.2. The summed E-state index contributed by atoms with van der Waals surface area (Å²) in [5.74, 6) is 1.72. The summed E-state index contributed by atoms with van der Waals surface area (Å²) in [6.45, 7) is 4.77. The maximum atomic E-state index is 11.7. The van der Waals surface area contributed by atoms with E-state index in [9.17, 15) is 4.79 Å². The number of amides is 1. The fourth-order valence-corrected chi connectivity index (χ4v) is 3.60. The van der Waals surface area contributed by atoms with E-state index < -0.39 is 0 Å². The quantitative estimate of drug-likeness (QED) is 0.580. The monoisotopic (exact) mass is 412 g/mol. The first-order chi connectivity index (χ1) is 14.5. The highest BCUT2D eigenvalue weighted by atomic mass is 16.5. The summed E-state index contributed by atoms with van der Waals surface area (Å²) in [5.41, 5.74) is 2.11. The van der Waals surface area contributed by atoms with Crippen molar-refractivity contribution in [1.82, 2.24) is 20.5 Å². The first-order valence-corrected chi connectivity index (χ1v) is 10.5. The third kappa shape index (κ3) is 5.31. The van der Waals surface area contributed by atoms with Crippen LogP contribution in [0.15, 0.2) is 35.3 Å². The Balaban J connectivity index is 1.73. The minimum absolute atomic E-state index is 0.254. The fraction of sp³-hybridized carbons (Fsp3) is 0.500. The highest BCUT2D eigenvalue weighted by molar-refractivity contribution is 5.85. The molecule has 2 heterocycles. The van der Waals surface area contributed by atoms with E-state index in [0.717, 1.165) is 47.6 Å². The zero-order valence-electron chi connectivity index (χ0n) is 18.3. The Labute approximate surface area is 178 Å². The molecular formula is C22H32N6O2. The van der Waals surface area contributed by atoms with E-state index >= 15 is 0 Å². The van der Waals surface area contributed by atoms with Crippen LogP contribution in [0.25, 0.3) is 10.9 Å². The van der Waals surface area contributed by atoms with Crippen LogP contribution in [0.3, 0.4) is 0 Å². The standard InChI is InChI=1S/C22H32N6O2/c1-5-23-21(25-17-10-12-28(13-11-17)22(29)30-4)24-15-16-14-20(27(2)3)26-19-9-7-6-8-18(16)19/h6-9,14,17H,5,10-13,15H2,1-4H3,(H2,23,24,25). The summed E-state index contributed by atoms with van der Waals surface area (Å²) >= 11 is 0. The lowest BCUT2D eigenvalue weighted by atomic mass is 10.1. The molecule has 1 fully saturated rings. The van der Waals surface area contributed by atoms with Gasteiger partial charge >= 0.3 is 6.09 Å². The van der Waals surface area contributed by atoms with Crippen LogP contribution in [0.2, 0.25) is 0 Å². The molecule has 30 heavy (non-hydrogen) atoms. The molecule has 8 nitrogen and oxygen atoms in total. The molecule has 1 aliphatic heterocycles. The molecule has 0 saturated carbocycles. The molecule has 2 N–H and O–H groups in total. The van der Waals surface area contributed by atoms with E-state index in [0.29, 0.717) is 19.6 Å². The average Bonchev–Trinajstić information content (AvgIpc) is 2.77. The van der Waals surface area contributed by atoms with E-state index in [1.54, 1.807) is 4.90 Å². The number of aromatic nitrogens is 1. The first kappa shape index (κ1) is 21.7. The second-order valence-electron chi connectivity index (χ2n) is 7.62. The van der Waals surface area contributed by atoms with Gasteiger partial charge in [0.25, 0.3) is 0 Å². The van der Waals surface area contributed by atoms with Crippen molar-refractivity contribution in [3.63, 3.8) is 0 Å². The molecule has 1 aromatic heterocycles. The van der Waals surface area contributed by atoms with Crippen molar-refractivity contribution in [3.8, 4) is 0 Å². The summed E-state index contributed by atoms with van der Waals surface area (Å²) in [6, 6.07) is 10.5. The predicted molar refractivity (Wildman–Crippen MR) is 121 cm³/mol. The Kier molecular flexibility index (Phi) is 7.32. The molecule has 8 heteroatoms. The number of methoxy groups -OCH3 is 1. The van der Waals surface area contributed by atoms with Crippen molar-refractivity contribution >= 4 is 28.8 Å². The van der Waals surface area contributed by atoms with Gasteiger partial charge in [-0.3, -0.25) is 0 Å². The van der Waals surface area contributed by atoms with Crippen molar-refractivity contribution < 1.29 is 9.53 Å². The van der Waals surface area contributed by atoms with Gasteiger partial charge < -0.3 is 25.2 Å².